The van der Waals surface area contributed by atoms with Gasteiger partial charge in [0.2, 0.25) is 11.0 Å². The number of hydrogen-bond acceptors (Lipinski definition) is 6. The Morgan fingerprint density at radius 1 is 1.36 bits per heavy atom. The first-order valence-corrected chi connectivity index (χ1v) is 8.41. The molecule has 2 aromatic heterocycles. The van der Waals surface area contributed by atoms with Crippen LogP contribution >= 0.6 is 11.3 Å². The van der Waals surface area contributed by atoms with Gasteiger partial charge in [0.15, 0.2) is 0 Å². The normalized spacial score (nSPS) is 12.1. The SMILES string of the molecule is CNC(C(=O)Nc1nnc(Cc2ccccc2F)s1)c1cnn(C)c1. The summed E-state index contributed by atoms with van der Waals surface area (Å²) < 4.78 is 15.3. The molecule has 0 saturated heterocycles. The fourth-order valence-corrected chi connectivity index (χ4v) is 3.16. The molecule has 1 unspecified atom stereocenters. The van der Waals surface area contributed by atoms with E-state index < -0.39 is 6.04 Å². The van der Waals surface area contributed by atoms with Crippen LogP contribution < -0.4 is 10.6 Å². The molecule has 1 amide bonds. The smallest absolute Gasteiger partial charge is 0.248 e. The predicted octanol–water partition coefficient (Wildman–Crippen LogP) is 1.90. The minimum absolute atomic E-state index is 0.260. The Morgan fingerprint density at radius 3 is 2.84 bits per heavy atom. The monoisotopic (exact) mass is 360 g/mol. The first kappa shape index (κ1) is 17.2. The lowest BCUT2D eigenvalue weighted by atomic mass is 10.1. The number of benzene rings is 1. The maximum atomic E-state index is 13.7. The summed E-state index contributed by atoms with van der Waals surface area (Å²) in [6, 6.07) is 5.97. The molecule has 3 aromatic rings. The number of anilines is 1. The van der Waals surface area contributed by atoms with Crippen LogP contribution in [0, 0.1) is 5.82 Å². The number of halogens is 1. The number of rotatable bonds is 6. The molecule has 1 atom stereocenters. The van der Waals surface area contributed by atoms with E-state index in [9.17, 15) is 9.18 Å². The lowest BCUT2D eigenvalue weighted by Crippen LogP contribution is -2.30. The summed E-state index contributed by atoms with van der Waals surface area (Å²) in [4.78, 5) is 12.4. The van der Waals surface area contributed by atoms with Crippen molar-refractivity contribution < 1.29 is 9.18 Å². The van der Waals surface area contributed by atoms with Gasteiger partial charge in [0, 0.05) is 25.2 Å². The molecule has 130 valence electrons. The van der Waals surface area contributed by atoms with Gasteiger partial charge in [-0.25, -0.2) is 4.39 Å². The second kappa shape index (κ2) is 7.49. The van der Waals surface area contributed by atoms with Gasteiger partial charge in [0.1, 0.15) is 16.9 Å². The minimum Gasteiger partial charge on any atom is -0.305 e. The standard InChI is InChI=1S/C16H17FN6OS/c1-18-14(11-8-19-23(2)9-11)15(24)20-16-22-21-13(25-16)7-10-5-3-4-6-12(10)17/h3-6,8-9,14,18H,7H2,1-2H3,(H,20,22,24). The topological polar surface area (TPSA) is 84.7 Å². The van der Waals surface area contributed by atoms with Crippen molar-refractivity contribution in [2.45, 2.75) is 12.5 Å². The third-order valence-electron chi connectivity index (χ3n) is 3.61. The van der Waals surface area contributed by atoms with Crippen LogP contribution in [0.2, 0.25) is 0 Å². The number of amides is 1. The summed E-state index contributed by atoms with van der Waals surface area (Å²) in [7, 11) is 3.48. The molecule has 9 heteroatoms. The van der Waals surface area contributed by atoms with Crippen molar-refractivity contribution in [1.82, 2.24) is 25.3 Å². The van der Waals surface area contributed by atoms with E-state index in [2.05, 4.69) is 25.9 Å². The zero-order valence-corrected chi connectivity index (χ0v) is 14.5. The molecule has 0 aliphatic carbocycles. The van der Waals surface area contributed by atoms with Crippen LogP contribution in [0.15, 0.2) is 36.7 Å². The first-order valence-electron chi connectivity index (χ1n) is 7.59. The van der Waals surface area contributed by atoms with Crippen LogP contribution in [0.4, 0.5) is 9.52 Å². The van der Waals surface area contributed by atoms with Gasteiger partial charge in [-0.3, -0.25) is 14.8 Å². The second-order valence-corrected chi connectivity index (χ2v) is 6.49. The zero-order valence-electron chi connectivity index (χ0n) is 13.7. The molecule has 0 fully saturated rings. The van der Waals surface area contributed by atoms with E-state index in [1.54, 1.807) is 49.4 Å². The highest BCUT2D eigenvalue weighted by atomic mass is 32.1. The first-order chi connectivity index (χ1) is 12.1. The predicted molar refractivity (Wildman–Crippen MR) is 92.8 cm³/mol. The molecule has 1 aromatic carbocycles. The summed E-state index contributed by atoms with van der Waals surface area (Å²) in [6.45, 7) is 0. The van der Waals surface area contributed by atoms with Crippen molar-refractivity contribution in [3.63, 3.8) is 0 Å². The van der Waals surface area contributed by atoms with Gasteiger partial charge in [0.05, 0.1) is 6.20 Å². The Labute approximate surface area is 147 Å². The Hall–Kier alpha value is -2.65. The number of aromatic nitrogens is 4. The van der Waals surface area contributed by atoms with Gasteiger partial charge >= 0.3 is 0 Å². The summed E-state index contributed by atoms with van der Waals surface area (Å²) in [5.74, 6) is -0.542. The van der Waals surface area contributed by atoms with Gasteiger partial charge < -0.3 is 5.32 Å². The number of aryl methyl sites for hydroxylation is 1. The molecule has 0 radical (unpaired) electrons. The Kier molecular flexibility index (Phi) is 5.15. The highest BCUT2D eigenvalue weighted by molar-refractivity contribution is 7.15. The Bertz CT molecular complexity index is 877. The van der Waals surface area contributed by atoms with E-state index in [0.717, 1.165) is 5.56 Å². The second-order valence-electron chi connectivity index (χ2n) is 5.43. The van der Waals surface area contributed by atoms with Crippen molar-refractivity contribution >= 4 is 22.4 Å². The number of carbonyl (C=O) groups is 1. The molecule has 2 heterocycles. The van der Waals surface area contributed by atoms with Crippen LogP contribution in [0.5, 0.6) is 0 Å². The summed E-state index contributed by atoms with van der Waals surface area (Å²) in [5.41, 5.74) is 1.29. The van der Waals surface area contributed by atoms with Crippen LogP contribution in [0.25, 0.3) is 0 Å². The molecule has 3 rings (SSSR count). The highest BCUT2D eigenvalue weighted by Gasteiger charge is 2.21. The summed E-state index contributed by atoms with van der Waals surface area (Å²) in [6.07, 6.45) is 3.73. The van der Waals surface area contributed by atoms with Crippen LogP contribution in [0.3, 0.4) is 0 Å². The van der Waals surface area contributed by atoms with Gasteiger partial charge in [-0.05, 0) is 18.7 Å². The fourth-order valence-electron chi connectivity index (χ4n) is 2.40. The number of nitrogens with one attached hydrogen (secondary N) is 2. The molecule has 2 N–H and O–H groups in total. The van der Waals surface area contributed by atoms with E-state index in [4.69, 9.17) is 0 Å². The number of hydrogen-bond donors (Lipinski definition) is 2. The molecular formula is C16H17FN6OS. The fraction of sp³-hybridized carbons (Fsp3) is 0.250. The third-order valence-corrected chi connectivity index (χ3v) is 4.44. The zero-order chi connectivity index (χ0) is 17.8. The quantitative estimate of drug-likeness (QED) is 0.701. The van der Waals surface area contributed by atoms with Crippen molar-refractivity contribution in [2.75, 3.05) is 12.4 Å². The van der Waals surface area contributed by atoms with Gasteiger partial charge in [0.25, 0.3) is 0 Å². The minimum atomic E-state index is -0.549. The van der Waals surface area contributed by atoms with E-state index >= 15 is 0 Å². The Balaban J connectivity index is 1.68. The molecule has 0 bridgehead atoms. The lowest BCUT2D eigenvalue weighted by molar-refractivity contribution is -0.118. The molecule has 0 aliphatic heterocycles. The maximum absolute atomic E-state index is 13.7. The van der Waals surface area contributed by atoms with E-state index in [0.29, 0.717) is 22.1 Å². The average Bonchev–Trinajstić information content (AvgIpc) is 3.20. The molecule has 7 nitrogen and oxygen atoms in total. The summed E-state index contributed by atoms with van der Waals surface area (Å²) in [5, 5.41) is 18.7. The lowest BCUT2D eigenvalue weighted by Gasteiger charge is -2.12. The number of nitrogens with zero attached hydrogens (tertiary/aromatic N) is 4. The van der Waals surface area contributed by atoms with E-state index in [1.165, 1.54) is 17.4 Å². The van der Waals surface area contributed by atoms with Crippen molar-refractivity contribution in [2.24, 2.45) is 7.05 Å². The van der Waals surface area contributed by atoms with Crippen molar-refractivity contribution in [3.05, 3.63) is 58.6 Å². The highest BCUT2D eigenvalue weighted by Crippen LogP contribution is 2.21. The van der Waals surface area contributed by atoms with Gasteiger partial charge in [-0.15, -0.1) is 10.2 Å². The molecule has 25 heavy (non-hydrogen) atoms. The number of likely N-dealkylation sites (N-methyl/N-ethyl adjacent to an activating group) is 1. The van der Waals surface area contributed by atoms with Gasteiger partial charge in [-0.2, -0.15) is 5.10 Å². The molecule has 0 spiro atoms. The van der Waals surface area contributed by atoms with Crippen LogP contribution in [-0.2, 0) is 18.3 Å². The largest absolute Gasteiger partial charge is 0.305 e. The maximum Gasteiger partial charge on any atom is 0.248 e. The molecule has 0 saturated carbocycles. The van der Waals surface area contributed by atoms with Crippen molar-refractivity contribution in [1.29, 1.82) is 0 Å². The van der Waals surface area contributed by atoms with E-state index in [1.807, 2.05) is 0 Å². The average molecular weight is 360 g/mol. The summed E-state index contributed by atoms with van der Waals surface area (Å²) >= 11 is 1.22. The molecule has 0 aliphatic rings. The number of carbonyl (C=O) groups excluding carboxylic acids is 1. The van der Waals surface area contributed by atoms with Crippen molar-refractivity contribution in [3.8, 4) is 0 Å². The Morgan fingerprint density at radius 2 is 2.16 bits per heavy atom. The van der Waals surface area contributed by atoms with Crippen LogP contribution in [0.1, 0.15) is 22.2 Å². The van der Waals surface area contributed by atoms with Gasteiger partial charge in [-0.1, -0.05) is 29.5 Å². The van der Waals surface area contributed by atoms with Crippen LogP contribution in [-0.4, -0.2) is 32.9 Å². The molecular weight excluding hydrogens is 343 g/mol. The van der Waals surface area contributed by atoms with E-state index in [-0.39, 0.29) is 11.7 Å². The third kappa shape index (κ3) is 4.06.